The average Bonchev–Trinajstić information content (AvgIpc) is 1.41. The maximum absolute atomic E-state index is 13.6. The van der Waals surface area contributed by atoms with Crippen molar-refractivity contribution in [1.29, 1.82) is 0 Å². The normalized spacial score (nSPS) is 18.1. The Kier molecular flexibility index (Phi) is 31.2. The first-order chi connectivity index (χ1) is 43.6. The van der Waals surface area contributed by atoms with Gasteiger partial charge >= 0.3 is 18.4 Å². The highest BCUT2D eigenvalue weighted by atomic mass is 16.8. The summed E-state index contributed by atoms with van der Waals surface area (Å²) in [6.07, 6.45) is 12.3. The van der Waals surface area contributed by atoms with E-state index in [1.807, 2.05) is 72.8 Å². The molecule has 1 aliphatic carbocycles. The minimum Gasteiger partial charge on any atom is -0.444 e. The molecule has 19 heteroatoms. The lowest BCUT2D eigenvalue weighted by molar-refractivity contribution is -0.131. The van der Waals surface area contributed by atoms with Crippen LogP contribution in [0, 0.1) is 17.8 Å². The number of aryl methyl sites for hydroxylation is 2. The van der Waals surface area contributed by atoms with Crippen LogP contribution >= 0.6 is 0 Å². The number of carbonyl (C=O) groups excluding carboxylic acids is 7. The molecule has 1 saturated carbocycles. The van der Waals surface area contributed by atoms with Crippen molar-refractivity contribution in [2.45, 2.75) is 213 Å². The number of carbonyl (C=O) groups is 7. The minimum atomic E-state index is -0.897. The van der Waals surface area contributed by atoms with Crippen LogP contribution in [0.2, 0.25) is 0 Å². The molecule has 91 heavy (non-hydrogen) atoms. The summed E-state index contributed by atoms with van der Waals surface area (Å²) in [6, 6.07) is 32.6. The quantitative estimate of drug-likeness (QED) is 0.00944. The number of amides is 3. The fraction of sp³-hybridized carbons (Fsp3) is 0.542. The monoisotopic (exact) mass is 1260 g/mol. The zero-order valence-electron chi connectivity index (χ0n) is 55.3. The predicted octanol–water partition coefficient (Wildman–Crippen LogP) is 13.5. The molecule has 3 amide bonds. The number of nitrogens with one attached hydrogen (secondary N) is 2. The van der Waals surface area contributed by atoms with E-state index in [9.17, 15) is 33.6 Å². The van der Waals surface area contributed by atoms with Crippen molar-refractivity contribution in [1.82, 2.24) is 15.5 Å². The van der Waals surface area contributed by atoms with Crippen molar-refractivity contribution in [3.8, 4) is 0 Å². The molecule has 19 nitrogen and oxygen atoms in total. The molecule has 2 aliphatic rings. The minimum absolute atomic E-state index is 0.00385. The molecular weight excluding hydrogens is 1150 g/mol. The van der Waals surface area contributed by atoms with Crippen LogP contribution in [-0.4, -0.2) is 102 Å². The van der Waals surface area contributed by atoms with Crippen LogP contribution in [0.3, 0.4) is 0 Å². The van der Waals surface area contributed by atoms with Gasteiger partial charge in [0.1, 0.15) is 11.6 Å². The standard InChI is InChI=1S/C38H54N4O7.C34H47N3O5/c1-7-9-13-27(8-2)25-47-37(46)49-41-34(39)30-19-16-28(17-20-30)18-21-33(43)26(3)40-35(44)32-24-31(29-14-11-10-12-15-29)22-23-42(32)36(45)48-38(4,5)6;1-4-6-11-25(5-2)23-41-34(40)42-37-32(35)28-19-16-26(17-20-28)18-21-31(38)24(3)36-33(39)30-15-10-14-29(22-30)27-12-8-7-9-13-27/h10-12,14-17,19-20,26-27,31-32H,7-9,13,18,21-25H2,1-6H3,(H2,39,41)(H,40,44);7-9,12-13,16-17,19-20,24-25,29-30H,4-6,10-11,14-15,18,21-23H2,1-3H3,(H2,35,37)(H,36,39)/t26-,27?,31-,32+;24-,25?,29-,30+/m00/s1. The Morgan fingerprint density at radius 2 is 1.02 bits per heavy atom. The number of piperidine rings is 1. The number of hydrogen-bond donors (Lipinski definition) is 4. The van der Waals surface area contributed by atoms with Crippen LogP contribution in [0.15, 0.2) is 120 Å². The number of Topliss-reactive ketones (excluding diaryl/α,β-unsaturated/α-hetero) is 2. The first-order valence-corrected chi connectivity index (χ1v) is 32.9. The molecule has 496 valence electrons. The summed E-state index contributed by atoms with van der Waals surface area (Å²) in [6.45, 7) is 18.1. The molecule has 0 radical (unpaired) electrons. The molecule has 4 aromatic rings. The maximum Gasteiger partial charge on any atom is 0.535 e. The molecule has 1 aliphatic heterocycles. The number of rotatable bonds is 30. The second kappa shape index (κ2) is 38.6. The number of likely N-dealkylation sites (tertiary alicyclic amines) is 1. The van der Waals surface area contributed by atoms with Gasteiger partial charge in [0.15, 0.2) is 23.2 Å². The molecule has 8 atom stereocenters. The van der Waals surface area contributed by atoms with Gasteiger partial charge < -0.3 is 36.3 Å². The molecule has 4 aromatic carbocycles. The van der Waals surface area contributed by atoms with Crippen molar-refractivity contribution in [2.75, 3.05) is 19.8 Å². The molecule has 6 rings (SSSR count). The number of nitrogens with zero attached hydrogens (tertiary/aromatic N) is 3. The summed E-state index contributed by atoms with van der Waals surface area (Å²) in [5.74, 6) is 0.546. The zero-order valence-corrected chi connectivity index (χ0v) is 55.3. The van der Waals surface area contributed by atoms with Gasteiger partial charge in [-0.1, -0.05) is 192 Å². The van der Waals surface area contributed by atoms with E-state index in [4.69, 9.17) is 35.4 Å². The van der Waals surface area contributed by atoms with Crippen molar-refractivity contribution in [3.63, 3.8) is 0 Å². The Labute approximate surface area is 539 Å². The summed E-state index contributed by atoms with van der Waals surface area (Å²) in [5, 5.41) is 13.2. The molecule has 2 unspecified atom stereocenters. The van der Waals surface area contributed by atoms with Gasteiger partial charge in [-0.05, 0) is 138 Å². The molecule has 1 heterocycles. The number of oxime groups is 2. The summed E-state index contributed by atoms with van der Waals surface area (Å²) in [5.41, 5.74) is 16.6. The van der Waals surface area contributed by atoms with E-state index in [2.05, 4.69) is 60.8 Å². The van der Waals surface area contributed by atoms with E-state index in [1.165, 1.54) is 10.5 Å². The van der Waals surface area contributed by atoms with E-state index < -0.39 is 42.1 Å². The van der Waals surface area contributed by atoms with Gasteiger partial charge in [0.2, 0.25) is 11.8 Å². The second-order valence-electron chi connectivity index (χ2n) is 25.2. The predicted molar refractivity (Wildman–Crippen MR) is 354 cm³/mol. The van der Waals surface area contributed by atoms with E-state index >= 15 is 0 Å². The number of amidine groups is 2. The Morgan fingerprint density at radius 1 is 0.582 bits per heavy atom. The summed E-state index contributed by atoms with van der Waals surface area (Å²) in [7, 11) is 0. The van der Waals surface area contributed by atoms with Gasteiger partial charge in [0.05, 0.1) is 25.3 Å². The van der Waals surface area contributed by atoms with Crippen LogP contribution < -0.4 is 22.1 Å². The van der Waals surface area contributed by atoms with E-state index in [1.54, 1.807) is 58.9 Å². The van der Waals surface area contributed by atoms with Crippen LogP contribution in [0.4, 0.5) is 14.4 Å². The first-order valence-electron chi connectivity index (χ1n) is 32.9. The smallest absolute Gasteiger partial charge is 0.444 e. The van der Waals surface area contributed by atoms with Gasteiger partial charge in [-0.3, -0.25) is 33.8 Å². The van der Waals surface area contributed by atoms with Crippen LogP contribution in [-0.2, 0) is 55.9 Å². The number of ether oxygens (including phenoxy) is 3. The third kappa shape index (κ3) is 26.0. The number of benzene rings is 4. The second-order valence-corrected chi connectivity index (χ2v) is 25.2. The fourth-order valence-electron chi connectivity index (χ4n) is 11.2. The highest BCUT2D eigenvalue weighted by Gasteiger charge is 2.40. The van der Waals surface area contributed by atoms with E-state index in [-0.39, 0.29) is 65.8 Å². The molecule has 0 bridgehead atoms. The highest BCUT2D eigenvalue weighted by molar-refractivity contribution is 5.98. The van der Waals surface area contributed by atoms with Crippen LogP contribution in [0.5, 0.6) is 0 Å². The van der Waals surface area contributed by atoms with Gasteiger partial charge in [-0.25, -0.2) is 14.4 Å². The lowest BCUT2D eigenvalue weighted by atomic mass is 9.77. The molecular formula is C72H101N7O12. The highest BCUT2D eigenvalue weighted by Crippen LogP contribution is 2.37. The lowest BCUT2D eigenvalue weighted by Gasteiger charge is -2.39. The van der Waals surface area contributed by atoms with E-state index in [0.29, 0.717) is 68.2 Å². The van der Waals surface area contributed by atoms with E-state index in [0.717, 1.165) is 93.7 Å². The maximum atomic E-state index is 13.6. The first kappa shape index (κ1) is 73.6. The summed E-state index contributed by atoms with van der Waals surface area (Å²) >= 11 is 0. The Morgan fingerprint density at radius 3 is 1.45 bits per heavy atom. The SMILES string of the molecule is CCCCC(CC)COC(=O)O/N=C(\N)c1ccc(CCC(=O)[C@H](C)NC(=O)[C@@H]2CCC[C@H](c3ccccc3)C2)cc1.CCCCC(CC)COC(=O)O/N=C(\N)c1ccc(CCC(=O)[C@H](C)NC(=O)[C@H]2C[C@@H](c3ccccc3)CCN2C(=O)OC(C)(C)C)cc1. The van der Waals surface area contributed by atoms with Crippen LogP contribution in [0.1, 0.15) is 210 Å². The summed E-state index contributed by atoms with van der Waals surface area (Å²) < 4.78 is 16.0. The van der Waals surface area contributed by atoms with Crippen LogP contribution in [0.25, 0.3) is 0 Å². The topological polar surface area (TPSA) is 270 Å². The number of hydrogen-bond acceptors (Lipinski definition) is 14. The van der Waals surface area contributed by atoms with Gasteiger partial charge in [-0.15, -0.1) is 0 Å². The van der Waals surface area contributed by atoms with Gasteiger partial charge in [-0.2, -0.15) is 0 Å². The molecule has 6 N–H and O–H groups in total. The van der Waals surface area contributed by atoms with Gasteiger partial charge in [0, 0.05) is 36.4 Å². The molecule has 2 fully saturated rings. The fourth-order valence-corrected chi connectivity index (χ4v) is 11.2. The third-order valence-electron chi connectivity index (χ3n) is 17.0. The van der Waals surface area contributed by atoms with Crippen molar-refractivity contribution < 1.29 is 57.4 Å². The van der Waals surface area contributed by atoms with Crippen molar-refractivity contribution >= 4 is 53.5 Å². The molecule has 0 spiro atoms. The number of ketones is 2. The lowest BCUT2D eigenvalue weighted by Crippen LogP contribution is -2.56. The van der Waals surface area contributed by atoms with Crippen molar-refractivity contribution in [2.24, 2.45) is 39.5 Å². The third-order valence-corrected chi connectivity index (χ3v) is 17.0. The molecule has 1 saturated heterocycles. The number of unbranched alkanes of at least 4 members (excludes halogenated alkanes) is 2. The Hall–Kier alpha value is -8.09. The largest absolute Gasteiger partial charge is 0.535 e. The number of nitrogens with two attached hydrogens (primary N) is 2. The molecule has 0 aromatic heterocycles. The Balaban J connectivity index is 0.000000334. The van der Waals surface area contributed by atoms with Gasteiger partial charge in [0.25, 0.3) is 0 Å². The zero-order chi connectivity index (χ0) is 66.3. The summed E-state index contributed by atoms with van der Waals surface area (Å²) in [4.78, 5) is 101. The average molecular weight is 1260 g/mol. The van der Waals surface area contributed by atoms with Crippen molar-refractivity contribution in [3.05, 3.63) is 143 Å². The Bertz CT molecular complexity index is 2970.